The van der Waals surface area contributed by atoms with Crippen LogP contribution in [0.25, 0.3) is 10.9 Å². The molecule has 7 heteroatoms. The minimum absolute atomic E-state index is 0.0395. The first-order valence-corrected chi connectivity index (χ1v) is 9.40. The van der Waals surface area contributed by atoms with Crippen LogP contribution in [0.5, 0.6) is 17.4 Å². The lowest BCUT2D eigenvalue weighted by atomic mass is 10.2. The number of rotatable bonds is 4. The van der Waals surface area contributed by atoms with Crippen LogP contribution < -0.4 is 9.47 Å². The summed E-state index contributed by atoms with van der Waals surface area (Å²) < 4.78 is 12.3. The Hall–Kier alpha value is -4.13. The largest absolute Gasteiger partial charge is 0.493 e. The van der Waals surface area contributed by atoms with Crippen molar-refractivity contribution in [1.29, 1.82) is 0 Å². The van der Waals surface area contributed by atoms with Crippen molar-refractivity contribution in [3.8, 4) is 17.4 Å². The molecule has 0 saturated carbocycles. The molecule has 0 spiro atoms. The summed E-state index contributed by atoms with van der Waals surface area (Å²) in [6.07, 6.45) is 0. The molecule has 1 aliphatic heterocycles. The van der Waals surface area contributed by atoms with Gasteiger partial charge < -0.3 is 19.1 Å². The normalized spacial score (nSPS) is 12.7. The molecular weight excluding hydrogens is 382 g/mol. The molecule has 0 radical (unpaired) electrons. The quantitative estimate of drug-likeness (QED) is 0.487. The summed E-state index contributed by atoms with van der Waals surface area (Å²) in [6.45, 7) is 0.599. The Morgan fingerprint density at radius 2 is 1.73 bits per heavy atom. The monoisotopic (exact) mass is 399 g/mol. The molecule has 1 N–H and O–H groups in total. The Balaban J connectivity index is 1.50. The number of hydrogen-bond donors (Lipinski definition) is 1. The fourth-order valence-corrected chi connectivity index (χ4v) is 3.48. The number of aromatic nitrogens is 1. The zero-order valence-corrected chi connectivity index (χ0v) is 15.9. The van der Waals surface area contributed by atoms with Gasteiger partial charge in [0.2, 0.25) is 12.7 Å². The van der Waals surface area contributed by atoms with Gasteiger partial charge in [-0.1, -0.05) is 48.5 Å². The first-order valence-electron chi connectivity index (χ1n) is 9.40. The van der Waals surface area contributed by atoms with E-state index < -0.39 is 5.91 Å². The second-order valence-electron chi connectivity index (χ2n) is 6.83. The number of fused-ring (bicyclic) bond motifs is 2. The van der Waals surface area contributed by atoms with Crippen molar-refractivity contribution in [3.63, 3.8) is 0 Å². The summed E-state index contributed by atoms with van der Waals surface area (Å²) in [5.74, 6) is 0.512. The second-order valence-corrected chi connectivity index (χ2v) is 6.83. The minimum atomic E-state index is -0.535. The molecule has 148 valence electrons. The summed E-state index contributed by atoms with van der Waals surface area (Å²) in [4.78, 5) is 12.5. The second kappa shape index (κ2) is 7.36. The van der Waals surface area contributed by atoms with Gasteiger partial charge in [-0.05, 0) is 29.8 Å². The van der Waals surface area contributed by atoms with Gasteiger partial charge >= 0.3 is 0 Å². The summed E-state index contributed by atoms with van der Waals surface area (Å²) in [5, 5.41) is 19.5. The van der Waals surface area contributed by atoms with Crippen molar-refractivity contribution < 1.29 is 19.4 Å². The maximum atomic E-state index is 12.5. The first kappa shape index (κ1) is 17.9. The highest BCUT2D eigenvalue weighted by Crippen LogP contribution is 2.39. The maximum Gasteiger partial charge on any atom is 0.295 e. The van der Waals surface area contributed by atoms with Gasteiger partial charge in [0.25, 0.3) is 5.91 Å². The van der Waals surface area contributed by atoms with Crippen LogP contribution in [0.4, 0.5) is 5.69 Å². The predicted octanol–water partition coefficient (Wildman–Crippen LogP) is 5.05. The Bertz CT molecular complexity index is 1280. The van der Waals surface area contributed by atoms with Gasteiger partial charge in [-0.2, -0.15) is 0 Å². The number of azo groups is 1. The van der Waals surface area contributed by atoms with Crippen LogP contribution in [0.1, 0.15) is 15.9 Å². The minimum Gasteiger partial charge on any atom is -0.493 e. The third-order valence-corrected chi connectivity index (χ3v) is 4.96. The number of amides is 1. The highest BCUT2D eigenvalue weighted by Gasteiger charge is 2.19. The number of para-hydroxylation sites is 1. The summed E-state index contributed by atoms with van der Waals surface area (Å²) in [7, 11) is 0. The van der Waals surface area contributed by atoms with E-state index in [1.165, 1.54) is 0 Å². The van der Waals surface area contributed by atoms with E-state index >= 15 is 0 Å². The molecule has 0 atom stereocenters. The average molecular weight is 399 g/mol. The third kappa shape index (κ3) is 3.16. The summed E-state index contributed by atoms with van der Waals surface area (Å²) in [6, 6.07) is 22.1. The Morgan fingerprint density at radius 1 is 0.967 bits per heavy atom. The molecule has 30 heavy (non-hydrogen) atoms. The Kier molecular flexibility index (Phi) is 4.40. The van der Waals surface area contributed by atoms with Gasteiger partial charge in [-0.25, -0.2) is 0 Å². The molecular formula is C23H17N3O4. The van der Waals surface area contributed by atoms with E-state index in [1.807, 2.05) is 54.6 Å². The highest BCUT2D eigenvalue weighted by molar-refractivity contribution is 5.97. The van der Waals surface area contributed by atoms with Crippen LogP contribution >= 0.6 is 0 Å². The van der Waals surface area contributed by atoms with Crippen LogP contribution in [0.15, 0.2) is 83.0 Å². The van der Waals surface area contributed by atoms with Crippen molar-refractivity contribution in [1.82, 2.24) is 4.57 Å². The zero-order valence-electron chi connectivity index (χ0n) is 15.9. The molecule has 7 nitrogen and oxygen atoms in total. The maximum absolute atomic E-state index is 12.5. The van der Waals surface area contributed by atoms with Crippen molar-refractivity contribution >= 4 is 22.5 Å². The molecule has 0 fully saturated rings. The zero-order chi connectivity index (χ0) is 20.5. The predicted molar refractivity (Wildman–Crippen MR) is 111 cm³/mol. The van der Waals surface area contributed by atoms with Gasteiger partial charge in [-0.15, -0.1) is 10.2 Å². The lowest BCUT2D eigenvalue weighted by Gasteiger charge is -2.06. The molecule has 0 aliphatic carbocycles. The number of ether oxygens (including phenoxy) is 2. The summed E-state index contributed by atoms with van der Waals surface area (Å²) >= 11 is 0. The SMILES string of the molecule is O=C(N=Nc1c(O)n(Cc2ccccc2)c2ccccc12)c1ccc2c(c1)OCO2. The van der Waals surface area contributed by atoms with Crippen molar-refractivity contribution in [3.05, 3.63) is 83.9 Å². The fourth-order valence-electron chi connectivity index (χ4n) is 3.48. The molecule has 1 aromatic heterocycles. The lowest BCUT2D eigenvalue weighted by Crippen LogP contribution is -1.98. The number of hydrogen-bond acceptors (Lipinski definition) is 5. The van der Waals surface area contributed by atoms with E-state index in [9.17, 15) is 9.90 Å². The molecule has 0 unspecified atom stereocenters. The molecule has 1 amide bonds. The van der Waals surface area contributed by atoms with E-state index in [0.717, 1.165) is 11.1 Å². The van der Waals surface area contributed by atoms with Gasteiger partial charge in [0.15, 0.2) is 17.2 Å². The number of carbonyl (C=O) groups is 1. The van der Waals surface area contributed by atoms with E-state index in [4.69, 9.17) is 9.47 Å². The Morgan fingerprint density at radius 3 is 2.60 bits per heavy atom. The van der Waals surface area contributed by atoms with Gasteiger partial charge in [0, 0.05) is 10.9 Å². The van der Waals surface area contributed by atoms with Crippen LogP contribution in [0.2, 0.25) is 0 Å². The molecule has 4 aromatic rings. The van der Waals surface area contributed by atoms with Crippen LogP contribution in [-0.2, 0) is 6.54 Å². The van der Waals surface area contributed by atoms with E-state index in [1.54, 1.807) is 22.8 Å². The lowest BCUT2D eigenvalue weighted by molar-refractivity contribution is 0.0994. The summed E-state index contributed by atoms with van der Waals surface area (Å²) in [5.41, 5.74) is 2.43. The topological polar surface area (TPSA) is 85.4 Å². The number of aromatic hydroxyl groups is 1. The van der Waals surface area contributed by atoms with Gasteiger partial charge in [0.1, 0.15) is 0 Å². The van der Waals surface area contributed by atoms with Crippen molar-refractivity contribution in [2.45, 2.75) is 6.54 Å². The molecule has 5 rings (SSSR count). The first-order chi connectivity index (χ1) is 14.7. The van der Waals surface area contributed by atoms with E-state index in [-0.39, 0.29) is 18.4 Å². The number of carbonyl (C=O) groups excluding carboxylic acids is 1. The number of nitrogens with zero attached hydrogens (tertiary/aromatic N) is 3. The van der Waals surface area contributed by atoms with E-state index in [2.05, 4.69) is 10.2 Å². The number of benzene rings is 3. The van der Waals surface area contributed by atoms with Crippen LogP contribution in [-0.4, -0.2) is 22.4 Å². The van der Waals surface area contributed by atoms with Crippen molar-refractivity contribution in [2.24, 2.45) is 10.2 Å². The van der Waals surface area contributed by atoms with E-state index in [0.29, 0.717) is 29.0 Å². The van der Waals surface area contributed by atoms with Gasteiger partial charge in [-0.3, -0.25) is 4.79 Å². The molecule has 3 aromatic carbocycles. The average Bonchev–Trinajstić information content (AvgIpc) is 3.35. The molecule has 2 heterocycles. The van der Waals surface area contributed by atoms with Crippen molar-refractivity contribution in [2.75, 3.05) is 6.79 Å². The molecule has 0 bridgehead atoms. The Labute approximate surface area is 171 Å². The van der Waals surface area contributed by atoms with Crippen LogP contribution in [0, 0.1) is 0 Å². The highest BCUT2D eigenvalue weighted by atomic mass is 16.7. The van der Waals surface area contributed by atoms with Crippen LogP contribution in [0.3, 0.4) is 0 Å². The molecule has 1 aliphatic rings. The standard InChI is InChI=1S/C23H17N3O4/c27-22(16-10-11-19-20(12-16)30-14-29-19)25-24-21-17-8-4-5-9-18(17)26(23(21)28)13-15-6-2-1-3-7-15/h1-12,28H,13-14H2. The van der Waals surface area contributed by atoms with Gasteiger partial charge in [0.05, 0.1) is 12.1 Å². The molecule has 0 saturated heterocycles. The smallest absolute Gasteiger partial charge is 0.295 e. The fraction of sp³-hybridized carbons (Fsp3) is 0.0870. The third-order valence-electron chi connectivity index (χ3n) is 4.96.